The first-order valence-electron chi connectivity index (χ1n) is 6.57. The summed E-state index contributed by atoms with van der Waals surface area (Å²) < 4.78 is 5.11. The lowest BCUT2D eigenvalue weighted by Gasteiger charge is -2.35. The summed E-state index contributed by atoms with van der Waals surface area (Å²) in [5.74, 6) is 0.832. The van der Waals surface area contributed by atoms with Gasteiger partial charge >= 0.3 is 5.97 Å². The van der Waals surface area contributed by atoms with E-state index in [2.05, 4.69) is 0 Å². The van der Waals surface area contributed by atoms with Gasteiger partial charge in [-0.3, -0.25) is 9.59 Å². The fraction of sp³-hybridized carbons (Fsp3) is 0.429. The van der Waals surface area contributed by atoms with E-state index in [4.69, 9.17) is 15.6 Å². The van der Waals surface area contributed by atoms with Gasteiger partial charge in [0.2, 0.25) is 0 Å². The molecule has 1 unspecified atom stereocenters. The van der Waals surface area contributed by atoms with Gasteiger partial charge < -0.3 is 20.5 Å². The summed E-state index contributed by atoms with van der Waals surface area (Å²) in [6, 6.07) is 4.60. The van der Waals surface area contributed by atoms with Crippen molar-refractivity contribution >= 4 is 29.3 Å². The minimum absolute atomic E-state index is 0.0530. The van der Waals surface area contributed by atoms with Crippen LogP contribution in [-0.4, -0.2) is 53.1 Å². The fourth-order valence-corrected chi connectivity index (χ4v) is 3.36. The number of ether oxygens (including phenoxy) is 1. The summed E-state index contributed by atoms with van der Waals surface area (Å²) in [5, 5.41) is 8.98. The van der Waals surface area contributed by atoms with Crippen molar-refractivity contribution in [3.63, 3.8) is 0 Å². The highest BCUT2D eigenvalue weighted by molar-refractivity contribution is 7.99. The number of hydrogen-bond acceptors (Lipinski definition) is 5. The quantitative estimate of drug-likeness (QED) is 0.815. The second kappa shape index (κ2) is 6.71. The minimum Gasteiger partial charge on any atom is -0.497 e. The molecule has 1 amide bonds. The summed E-state index contributed by atoms with van der Waals surface area (Å²) in [7, 11) is 1.52. The number of nitrogens with zero attached hydrogens (tertiary/aromatic N) is 1. The topological polar surface area (TPSA) is 92.9 Å². The van der Waals surface area contributed by atoms with E-state index in [0.29, 0.717) is 29.3 Å². The molecule has 3 N–H and O–H groups in total. The zero-order valence-electron chi connectivity index (χ0n) is 11.7. The van der Waals surface area contributed by atoms with Crippen LogP contribution in [0, 0.1) is 0 Å². The zero-order chi connectivity index (χ0) is 15.4. The molecule has 114 valence electrons. The lowest BCUT2D eigenvalue weighted by atomic mass is 10.1. The molecule has 1 saturated heterocycles. The second-order valence-electron chi connectivity index (χ2n) is 4.78. The van der Waals surface area contributed by atoms with Crippen LogP contribution in [0.4, 0.5) is 5.69 Å². The number of nitrogens with two attached hydrogens (primary N) is 1. The number of hydrogen-bond donors (Lipinski definition) is 2. The van der Waals surface area contributed by atoms with Crippen molar-refractivity contribution in [2.75, 3.05) is 30.9 Å². The van der Waals surface area contributed by atoms with Crippen molar-refractivity contribution in [1.82, 2.24) is 4.90 Å². The Kier molecular flexibility index (Phi) is 4.95. The Balaban J connectivity index is 2.26. The molecule has 1 fully saturated rings. The molecule has 0 aromatic heterocycles. The maximum atomic E-state index is 12.7. The average molecular weight is 310 g/mol. The monoisotopic (exact) mass is 310 g/mol. The second-order valence-corrected chi connectivity index (χ2v) is 5.93. The van der Waals surface area contributed by atoms with Crippen LogP contribution in [0.25, 0.3) is 0 Å². The van der Waals surface area contributed by atoms with Crippen LogP contribution in [0.3, 0.4) is 0 Å². The lowest BCUT2D eigenvalue weighted by molar-refractivity contribution is -0.138. The Morgan fingerprint density at radius 2 is 2.29 bits per heavy atom. The summed E-state index contributed by atoms with van der Waals surface area (Å²) in [4.78, 5) is 25.2. The van der Waals surface area contributed by atoms with Crippen molar-refractivity contribution in [3.05, 3.63) is 23.8 Å². The number of aliphatic carboxylic acids is 1. The molecular weight excluding hydrogens is 292 g/mol. The van der Waals surface area contributed by atoms with E-state index in [9.17, 15) is 9.59 Å². The standard InChI is InChI=1S/C14H18N2O4S/c1-20-10-2-3-12(15)11(7-10)14(19)16-4-5-21-8-9(16)6-13(17)18/h2-3,7,9H,4-6,8,15H2,1H3,(H,17,18). The van der Waals surface area contributed by atoms with Gasteiger partial charge in [-0.05, 0) is 18.2 Å². The van der Waals surface area contributed by atoms with E-state index in [-0.39, 0.29) is 18.4 Å². The molecule has 2 rings (SSSR count). The van der Waals surface area contributed by atoms with E-state index < -0.39 is 5.97 Å². The molecule has 0 bridgehead atoms. The van der Waals surface area contributed by atoms with Gasteiger partial charge in [0.15, 0.2) is 0 Å². The van der Waals surface area contributed by atoms with Crippen molar-refractivity contribution in [3.8, 4) is 5.75 Å². The molecule has 0 saturated carbocycles. The van der Waals surface area contributed by atoms with Gasteiger partial charge in [0.25, 0.3) is 5.91 Å². The van der Waals surface area contributed by atoms with Gasteiger partial charge in [-0.25, -0.2) is 0 Å². The molecular formula is C14H18N2O4S. The third kappa shape index (κ3) is 3.60. The summed E-state index contributed by atoms with van der Waals surface area (Å²) in [6.45, 7) is 0.526. The highest BCUT2D eigenvalue weighted by atomic mass is 32.2. The van der Waals surface area contributed by atoms with E-state index >= 15 is 0 Å². The number of benzene rings is 1. The normalized spacial score (nSPS) is 18.3. The van der Waals surface area contributed by atoms with Crippen LogP contribution in [0.15, 0.2) is 18.2 Å². The van der Waals surface area contributed by atoms with Crippen LogP contribution in [0.2, 0.25) is 0 Å². The zero-order valence-corrected chi connectivity index (χ0v) is 12.6. The largest absolute Gasteiger partial charge is 0.497 e. The predicted octanol–water partition coefficient (Wildman–Crippen LogP) is 1.31. The van der Waals surface area contributed by atoms with E-state index in [1.54, 1.807) is 34.9 Å². The molecule has 1 aliphatic heterocycles. The van der Waals surface area contributed by atoms with E-state index in [1.165, 1.54) is 7.11 Å². The Bertz CT molecular complexity index is 550. The third-order valence-electron chi connectivity index (χ3n) is 3.39. The molecule has 1 aliphatic rings. The Morgan fingerprint density at radius 1 is 1.52 bits per heavy atom. The molecule has 1 aromatic rings. The van der Waals surface area contributed by atoms with Gasteiger partial charge in [0.05, 0.1) is 25.1 Å². The Labute approximate surface area is 127 Å². The van der Waals surface area contributed by atoms with Crippen LogP contribution in [-0.2, 0) is 4.79 Å². The number of thioether (sulfide) groups is 1. The van der Waals surface area contributed by atoms with E-state index in [0.717, 1.165) is 5.75 Å². The predicted molar refractivity (Wildman–Crippen MR) is 81.8 cm³/mol. The molecule has 7 heteroatoms. The maximum absolute atomic E-state index is 12.7. The number of anilines is 1. The van der Waals surface area contributed by atoms with Crippen molar-refractivity contribution in [2.45, 2.75) is 12.5 Å². The smallest absolute Gasteiger partial charge is 0.305 e. The number of amides is 1. The van der Waals surface area contributed by atoms with Gasteiger partial charge in [-0.2, -0.15) is 11.8 Å². The number of carboxylic acid groups (broad SMARTS) is 1. The van der Waals surface area contributed by atoms with Crippen molar-refractivity contribution < 1.29 is 19.4 Å². The number of carbonyl (C=O) groups excluding carboxylic acids is 1. The number of carboxylic acids is 1. The molecule has 1 atom stereocenters. The van der Waals surface area contributed by atoms with Crippen LogP contribution in [0.1, 0.15) is 16.8 Å². The number of nitrogen functional groups attached to an aromatic ring is 1. The summed E-state index contributed by atoms with van der Waals surface area (Å²) >= 11 is 1.66. The highest BCUT2D eigenvalue weighted by Gasteiger charge is 2.30. The number of methoxy groups -OCH3 is 1. The SMILES string of the molecule is COc1ccc(N)c(C(=O)N2CCSCC2CC(=O)O)c1. The van der Waals surface area contributed by atoms with Gasteiger partial charge in [0, 0.05) is 23.7 Å². The van der Waals surface area contributed by atoms with Gasteiger partial charge in [-0.15, -0.1) is 0 Å². The molecule has 1 aromatic carbocycles. The Morgan fingerprint density at radius 3 is 2.95 bits per heavy atom. The molecule has 1 heterocycles. The molecule has 0 radical (unpaired) electrons. The first kappa shape index (κ1) is 15.5. The van der Waals surface area contributed by atoms with Gasteiger partial charge in [0.1, 0.15) is 5.75 Å². The average Bonchev–Trinajstić information content (AvgIpc) is 2.47. The molecule has 0 spiro atoms. The van der Waals surface area contributed by atoms with E-state index in [1.807, 2.05) is 0 Å². The first-order chi connectivity index (χ1) is 10.0. The fourth-order valence-electron chi connectivity index (χ4n) is 2.30. The number of carbonyl (C=O) groups is 2. The van der Waals surface area contributed by atoms with Crippen LogP contribution in [0.5, 0.6) is 5.75 Å². The first-order valence-corrected chi connectivity index (χ1v) is 7.72. The van der Waals surface area contributed by atoms with Crippen LogP contribution >= 0.6 is 11.8 Å². The molecule has 21 heavy (non-hydrogen) atoms. The van der Waals surface area contributed by atoms with Crippen molar-refractivity contribution in [2.24, 2.45) is 0 Å². The summed E-state index contributed by atoms with van der Waals surface area (Å²) in [6.07, 6.45) is -0.0530. The Hall–Kier alpha value is -1.89. The van der Waals surface area contributed by atoms with Crippen LogP contribution < -0.4 is 10.5 Å². The highest BCUT2D eigenvalue weighted by Crippen LogP contribution is 2.25. The van der Waals surface area contributed by atoms with Crippen molar-refractivity contribution in [1.29, 1.82) is 0 Å². The van der Waals surface area contributed by atoms with Gasteiger partial charge in [-0.1, -0.05) is 0 Å². The molecule has 6 nitrogen and oxygen atoms in total. The maximum Gasteiger partial charge on any atom is 0.305 e. The molecule has 0 aliphatic carbocycles. The number of rotatable bonds is 4. The third-order valence-corrected chi connectivity index (χ3v) is 4.48. The minimum atomic E-state index is -0.904. The lowest BCUT2D eigenvalue weighted by Crippen LogP contribution is -2.47. The summed E-state index contributed by atoms with van der Waals surface area (Å²) in [5.41, 5.74) is 6.60.